The van der Waals surface area contributed by atoms with Crippen LogP contribution in [0.3, 0.4) is 0 Å². The molecular formula is C13H16INO. The van der Waals surface area contributed by atoms with Crippen molar-refractivity contribution in [3.05, 3.63) is 33.4 Å². The Bertz CT molecular complexity index is 370. The van der Waals surface area contributed by atoms with Gasteiger partial charge in [0, 0.05) is 9.49 Å². The first-order chi connectivity index (χ1) is 7.66. The molecule has 0 spiro atoms. The van der Waals surface area contributed by atoms with Crippen molar-refractivity contribution in [2.24, 2.45) is 5.92 Å². The molecule has 3 heteroatoms. The van der Waals surface area contributed by atoms with Gasteiger partial charge in [0.1, 0.15) is 0 Å². The molecule has 1 aliphatic rings. The van der Waals surface area contributed by atoms with Crippen molar-refractivity contribution in [1.82, 2.24) is 5.32 Å². The third-order valence-corrected chi connectivity index (χ3v) is 3.92. The average Bonchev–Trinajstić information content (AvgIpc) is 2.15. The SMILES string of the molecule is CC(NC(=O)C1CCC1)c1ccc(I)cc1. The molecule has 0 aliphatic heterocycles. The van der Waals surface area contributed by atoms with Crippen molar-refractivity contribution in [1.29, 1.82) is 0 Å². The monoisotopic (exact) mass is 329 g/mol. The fourth-order valence-electron chi connectivity index (χ4n) is 1.84. The van der Waals surface area contributed by atoms with Gasteiger partial charge in [-0.3, -0.25) is 4.79 Å². The molecule has 0 radical (unpaired) electrons. The summed E-state index contributed by atoms with van der Waals surface area (Å²) < 4.78 is 1.22. The van der Waals surface area contributed by atoms with E-state index in [4.69, 9.17) is 0 Å². The minimum absolute atomic E-state index is 0.116. The second-order valence-electron chi connectivity index (χ2n) is 4.41. The lowest BCUT2D eigenvalue weighted by atomic mass is 9.84. The minimum atomic E-state index is 0.116. The summed E-state index contributed by atoms with van der Waals surface area (Å²) in [6.07, 6.45) is 3.33. The third-order valence-electron chi connectivity index (χ3n) is 3.20. The first kappa shape index (κ1) is 11.9. The maximum absolute atomic E-state index is 11.8. The molecule has 1 fully saturated rings. The van der Waals surface area contributed by atoms with E-state index in [9.17, 15) is 4.79 Å². The zero-order valence-corrected chi connectivity index (χ0v) is 11.5. The highest BCUT2D eigenvalue weighted by Crippen LogP contribution is 2.27. The van der Waals surface area contributed by atoms with Gasteiger partial charge in [0.25, 0.3) is 0 Å². The molecule has 1 unspecified atom stereocenters. The maximum Gasteiger partial charge on any atom is 0.223 e. The van der Waals surface area contributed by atoms with E-state index in [2.05, 4.69) is 52.2 Å². The van der Waals surface area contributed by atoms with Crippen LogP contribution in [0.1, 0.15) is 37.8 Å². The molecule has 2 rings (SSSR count). The molecule has 0 aromatic heterocycles. The van der Waals surface area contributed by atoms with Crippen LogP contribution in [0.4, 0.5) is 0 Å². The fraction of sp³-hybridized carbons (Fsp3) is 0.462. The Hall–Kier alpha value is -0.580. The average molecular weight is 329 g/mol. The molecule has 1 aliphatic carbocycles. The summed E-state index contributed by atoms with van der Waals surface area (Å²) in [6.45, 7) is 2.04. The fourth-order valence-corrected chi connectivity index (χ4v) is 2.20. The Morgan fingerprint density at radius 2 is 2.00 bits per heavy atom. The Kier molecular flexibility index (Phi) is 3.84. The zero-order valence-electron chi connectivity index (χ0n) is 9.37. The van der Waals surface area contributed by atoms with Crippen LogP contribution in [0.25, 0.3) is 0 Å². The van der Waals surface area contributed by atoms with E-state index < -0.39 is 0 Å². The first-order valence-electron chi connectivity index (χ1n) is 5.72. The van der Waals surface area contributed by atoms with Gasteiger partial charge >= 0.3 is 0 Å². The van der Waals surface area contributed by atoms with Crippen LogP contribution in [0, 0.1) is 9.49 Å². The molecule has 86 valence electrons. The topological polar surface area (TPSA) is 29.1 Å². The lowest BCUT2D eigenvalue weighted by Gasteiger charge is -2.26. The number of benzene rings is 1. The van der Waals surface area contributed by atoms with Crippen LogP contribution >= 0.6 is 22.6 Å². The zero-order chi connectivity index (χ0) is 11.5. The molecule has 1 atom stereocenters. The van der Waals surface area contributed by atoms with Crippen molar-refractivity contribution in [3.8, 4) is 0 Å². The number of amides is 1. The third kappa shape index (κ3) is 2.75. The van der Waals surface area contributed by atoms with E-state index >= 15 is 0 Å². The van der Waals surface area contributed by atoms with Gasteiger partial charge in [-0.1, -0.05) is 18.6 Å². The Labute approximate surface area is 110 Å². The Morgan fingerprint density at radius 3 is 2.50 bits per heavy atom. The summed E-state index contributed by atoms with van der Waals surface area (Å²) in [5.41, 5.74) is 1.17. The van der Waals surface area contributed by atoms with E-state index in [0.29, 0.717) is 0 Å². The van der Waals surface area contributed by atoms with E-state index in [0.717, 1.165) is 12.8 Å². The molecule has 1 N–H and O–H groups in total. The molecule has 2 nitrogen and oxygen atoms in total. The van der Waals surface area contributed by atoms with Crippen LogP contribution in [0.5, 0.6) is 0 Å². The highest BCUT2D eigenvalue weighted by Gasteiger charge is 2.26. The highest BCUT2D eigenvalue weighted by atomic mass is 127. The predicted octanol–water partition coefficient (Wildman–Crippen LogP) is 3.27. The van der Waals surface area contributed by atoms with E-state index in [1.165, 1.54) is 15.6 Å². The summed E-state index contributed by atoms with van der Waals surface area (Å²) >= 11 is 2.28. The van der Waals surface area contributed by atoms with Gasteiger partial charge in [-0.25, -0.2) is 0 Å². The molecule has 0 bridgehead atoms. The molecule has 16 heavy (non-hydrogen) atoms. The summed E-state index contributed by atoms with van der Waals surface area (Å²) in [4.78, 5) is 11.8. The van der Waals surface area contributed by atoms with Crippen molar-refractivity contribution in [3.63, 3.8) is 0 Å². The second kappa shape index (κ2) is 5.17. The van der Waals surface area contributed by atoms with Gasteiger partial charge < -0.3 is 5.32 Å². The lowest BCUT2D eigenvalue weighted by Crippen LogP contribution is -2.35. The molecular weight excluding hydrogens is 313 g/mol. The predicted molar refractivity (Wildman–Crippen MR) is 73.1 cm³/mol. The van der Waals surface area contributed by atoms with E-state index in [1.54, 1.807) is 0 Å². The van der Waals surface area contributed by atoms with Crippen LogP contribution in [-0.4, -0.2) is 5.91 Å². The maximum atomic E-state index is 11.8. The quantitative estimate of drug-likeness (QED) is 0.848. The Morgan fingerprint density at radius 1 is 1.38 bits per heavy atom. The van der Waals surface area contributed by atoms with Gasteiger partial charge in [0.15, 0.2) is 0 Å². The lowest BCUT2D eigenvalue weighted by molar-refractivity contribution is -0.128. The smallest absolute Gasteiger partial charge is 0.223 e. The van der Waals surface area contributed by atoms with Crippen molar-refractivity contribution in [2.45, 2.75) is 32.2 Å². The van der Waals surface area contributed by atoms with Gasteiger partial charge in [0.05, 0.1) is 6.04 Å². The van der Waals surface area contributed by atoms with Crippen molar-refractivity contribution >= 4 is 28.5 Å². The molecule has 1 saturated carbocycles. The first-order valence-corrected chi connectivity index (χ1v) is 6.80. The highest BCUT2D eigenvalue weighted by molar-refractivity contribution is 14.1. The van der Waals surface area contributed by atoms with Crippen LogP contribution in [0.2, 0.25) is 0 Å². The largest absolute Gasteiger partial charge is 0.349 e. The van der Waals surface area contributed by atoms with Gasteiger partial charge in [0.2, 0.25) is 5.91 Å². The van der Waals surface area contributed by atoms with E-state index in [-0.39, 0.29) is 17.9 Å². The van der Waals surface area contributed by atoms with Crippen LogP contribution in [-0.2, 0) is 4.79 Å². The van der Waals surface area contributed by atoms with Gasteiger partial charge in [-0.05, 0) is 60.1 Å². The van der Waals surface area contributed by atoms with Crippen LogP contribution < -0.4 is 5.32 Å². The number of carbonyl (C=O) groups is 1. The summed E-state index contributed by atoms with van der Waals surface area (Å²) in [6, 6.07) is 8.41. The normalized spacial score (nSPS) is 17.6. The molecule has 1 aromatic rings. The molecule has 1 aromatic carbocycles. The minimum Gasteiger partial charge on any atom is -0.349 e. The standard InChI is InChI=1S/C13H16INO/c1-9(10-5-7-12(14)8-6-10)15-13(16)11-3-2-4-11/h5-9,11H,2-4H2,1H3,(H,15,16). The second-order valence-corrected chi connectivity index (χ2v) is 5.66. The molecule has 0 heterocycles. The number of hydrogen-bond acceptors (Lipinski definition) is 1. The number of rotatable bonds is 3. The number of hydrogen-bond donors (Lipinski definition) is 1. The number of carbonyl (C=O) groups excluding carboxylic acids is 1. The van der Waals surface area contributed by atoms with Gasteiger partial charge in [-0.2, -0.15) is 0 Å². The summed E-state index contributed by atoms with van der Waals surface area (Å²) in [7, 11) is 0. The number of halogens is 1. The van der Waals surface area contributed by atoms with Crippen LogP contribution in [0.15, 0.2) is 24.3 Å². The summed E-state index contributed by atoms with van der Waals surface area (Å²) in [5, 5.41) is 3.08. The van der Waals surface area contributed by atoms with Crippen molar-refractivity contribution < 1.29 is 4.79 Å². The van der Waals surface area contributed by atoms with E-state index in [1.807, 2.05) is 6.92 Å². The summed E-state index contributed by atoms with van der Waals surface area (Å²) in [5.74, 6) is 0.489. The molecule has 1 amide bonds. The van der Waals surface area contributed by atoms with Crippen molar-refractivity contribution in [2.75, 3.05) is 0 Å². The molecule has 0 saturated heterocycles. The van der Waals surface area contributed by atoms with Gasteiger partial charge in [-0.15, -0.1) is 0 Å². The number of nitrogens with one attached hydrogen (secondary N) is 1. The Balaban J connectivity index is 1.94.